The standard InChI is InChI=1S/C16H17N5O3/c1-11(20-21-16(23)14-10-17-7-8-18-14)9-15(22)19-12-3-5-13(24-2)6-4-12/h3-8,10H,9H2,1-2H3,(H,19,22)(H,21,23)/b20-11-. The molecule has 8 nitrogen and oxygen atoms in total. The second-order valence-electron chi connectivity index (χ2n) is 4.83. The van der Waals surface area contributed by atoms with Crippen LogP contribution in [-0.2, 0) is 4.79 Å². The maximum atomic E-state index is 11.9. The Hall–Kier alpha value is -3.29. The fourth-order valence-corrected chi connectivity index (χ4v) is 1.77. The first-order valence-corrected chi connectivity index (χ1v) is 7.12. The monoisotopic (exact) mass is 327 g/mol. The summed E-state index contributed by atoms with van der Waals surface area (Å²) >= 11 is 0. The number of hydrogen-bond donors (Lipinski definition) is 2. The average molecular weight is 327 g/mol. The number of carbonyl (C=O) groups excluding carboxylic acids is 2. The molecule has 0 aliphatic carbocycles. The van der Waals surface area contributed by atoms with Gasteiger partial charge >= 0.3 is 0 Å². The Labute approximate surface area is 139 Å². The van der Waals surface area contributed by atoms with Crippen molar-refractivity contribution in [1.29, 1.82) is 0 Å². The molecule has 0 atom stereocenters. The predicted molar refractivity (Wildman–Crippen MR) is 88.8 cm³/mol. The van der Waals surface area contributed by atoms with Crippen LogP contribution in [0.3, 0.4) is 0 Å². The lowest BCUT2D eigenvalue weighted by atomic mass is 10.2. The fraction of sp³-hybridized carbons (Fsp3) is 0.188. The molecule has 0 fully saturated rings. The molecule has 1 heterocycles. The van der Waals surface area contributed by atoms with Gasteiger partial charge in [0.2, 0.25) is 5.91 Å². The Bertz CT molecular complexity index is 729. The third kappa shape index (κ3) is 5.16. The lowest BCUT2D eigenvalue weighted by Gasteiger charge is -2.06. The number of amides is 2. The number of hydrogen-bond acceptors (Lipinski definition) is 6. The van der Waals surface area contributed by atoms with Gasteiger partial charge in [0.15, 0.2) is 0 Å². The molecule has 24 heavy (non-hydrogen) atoms. The van der Waals surface area contributed by atoms with Gasteiger partial charge in [0.1, 0.15) is 11.4 Å². The van der Waals surface area contributed by atoms with Gasteiger partial charge in [0.05, 0.1) is 19.7 Å². The van der Waals surface area contributed by atoms with Crippen LogP contribution in [-0.4, -0.2) is 34.6 Å². The summed E-state index contributed by atoms with van der Waals surface area (Å²) in [6, 6.07) is 6.97. The van der Waals surface area contributed by atoms with Crippen LogP contribution >= 0.6 is 0 Å². The molecule has 1 aromatic heterocycles. The molecule has 2 amide bonds. The number of benzene rings is 1. The number of aromatic nitrogens is 2. The largest absolute Gasteiger partial charge is 0.497 e. The molecule has 0 aliphatic rings. The quantitative estimate of drug-likeness (QED) is 0.619. The molecule has 124 valence electrons. The number of anilines is 1. The fourth-order valence-electron chi connectivity index (χ4n) is 1.77. The molecule has 1 aromatic carbocycles. The van der Waals surface area contributed by atoms with Gasteiger partial charge in [-0.2, -0.15) is 5.10 Å². The maximum Gasteiger partial charge on any atom is 0.291 e. The molecule has 2 N–H and O–H groups in total. The van der Waals surface area contributed by atoms with Gasteiger partial charge < -0.3 is 10.1 Å². The summed E-state index contributed by atoms with van der Waals surface area (Å²) in [7, 11) is 1.57. The van der Waals surface area contributed by atoms with Crippen LogP contribution in [0.4, 0.5) is 5.69 Å². The third-order valence-electron chi connectivity index (χ3n) is 2.93. The minimum atomic E-state index is -0.488. The molecule has 0 bridgehead atoms. The van der Waals surface area contributed by atoms with Gasteiger partial charge in [-0.15, -0.1) is 0 Å². The van der Waals surface area contributed by atoms with Crippen LogP contribution in [0, 0.1) is 0 Å². The van der Waals surface area contributed by atoms with E-state index in [-0.39, 0.29) is 18.0 Å². The molecule has 0 saturated carbocycles. The Morgan fingerprint density at radius 1 is 1.21 bits per heavy atom. The molecule has 0 spiro atoms. The highest BCUT2D eigenvalue weighted by atomic mass is 16.5. The van der Waals surface area contributed by atoms with Crippen LogP contribution in [0.5, 0.6) is 5.75 Å². The van der Waals surface area contributed by atoms with E-state index >= 15 is 0 Å². The predicted octanol–water partition coefficient (Wildman–Crippen LogP) is 1.62. The maximum absolute atomic E-state index is 11.9. The zero-order valence-corrected chi connectivity index (χ0v) is 13.3. The highest BCUT2D eigenvalue weighted by molar-refractivity contribution is 6.06. The van der Waals surface area contributed by atoms with Crippen molar-refractivity contribution < 1.29 is 14.3 Å². The molecular weight excluding hydrogens is 310 g/mol. The number of rotatable bonds is 6. The molecule has 0 unspecified atom stereocenters. The summed E-state index contributed by atoms with van der Waals surface area (Å²) < 4.78 is 5.05. The number of nitrogens with one attached hydrogen (secondary N) is 2. The molecule has 0 saturated heterocycles. The molecular formula is C16H17N5O3. The Morgan fingerprint density at radius 3 is 2.58 bits per heavy atom. The SMILES string of the molecule is COc1ccc(NC(=O)C/C(C)=N\NC(=O)c2cnccn2)cc1. The van der Waals surface area contributed by atoms with Crippen molar-refractivity contribution in [2.24, 2.45) is 5.10 Å². The van der Waals surface area contributed by atoms with Gasteiger partial charge in [-0.05, 0) is 31.2 Å². The van der Waals surface area contributed by atoms with E-state index < -0.39 is 5.91 Å². The first-order valence-electron chi connectivity index (χ1n) is 7.12. The first kappa shape index (κ1) is 17.1. The number of methoxy groups -OCH3 is 1. The first-order chi connectivity index (χ1) is 11.6. The van der Waals surface area contributed by atoms with Gasteiger partial charge in [0.25, 0.3) is 5.91 Å². The van der Waals surface area contributed by atoms with E-state index in [1.54, 1.807) is 38.3 Å². The second kappa shape index (κ2) is 8.37. The average Bonchev–Trinajstić information content (AvgIpc) is 2.61. The lowest BCUT2D eigenvalue weighted by Crippen LogP contribution is -2.22. The smallest absolute Gasteiger partial charge is 0.291 e. The van der Waals surface area contributed by atoms with Crippen molar-refractivity contribution in [3.05, 3.63) is 48.5 Å². The van der Waals surface area contributed by atoms with E-state index in [4.69, 9.17) is 4.74 Å². The zero-order chi connectivity index (χ0) is 17.4. The summed E-state index contributed by atoms with van der Waals surface area (Å²) in [5, 5.41) is 6.61. The summed E-state index contributed by atoms with van der Waals surface area (Å²) in [6.07, 6.45) is 4.26. The van der Waals surface area contributed by atoms with Crippen LogP contribution in [0.15, 0.2) is 48.0 Å². The summed E-state index contributed by atoms with van der Waals surface area (Å²) in [6.45, 7) is 1.64. The molecule has 0 aliphatic heterocycles. The molecule has 2 rings (SSSR count). The number of nitrogens with zero attached hydrogens (tertiary/aromatic N) is 3. The van der Waals surface area contributed by atoms with E-state index in [0.717, 1.165) is 0 Å². The van der Waals surface area contributed by atoms with Gasteiger partial charge in [-0.3, -0.25) is 14.6 Å². The zero-order valence-electron chi connectivity index (χ0n) is 13.3. The van der Waals surface area contributed by atoms with Crippen molar-refractivity contribution in [2.45, 2.75) is 13.3 Å². The van der Waals surface area contributed by atoms with Gasteiger partial charge in [0, 0.05) is 23.8 Å². The van der Waals surface area contributed by atoms with Crippen molar-refractivity contribution in [1.82, 2.24) is 15.4 Å². The summed E-state index contributed by atoms with van der Waals surface area (Å²) in [5.74, 6) is -0.0225. The summed E-state index contributed by atoms with van der Waals surface area (Å²) in [4.78, 5) is 31.3. The van der Waals surface area contributed by atoms with Crippen molar-refractivity contribution in [2.75, 3.05) is 12.4 Å². The van der Waals surface area contributed by atoms with Crippen LogP contribution in [0.1, 0.15) is 23.8 Å². The van der Waals surface area contributed by atoms with Crippen LogP contribution in [0.2, 0.25) is 0 Å². The van der Waals surface area contributed by atoms with E-state index in [1.165, 1.54) is 18.6 Å². The number of hydrazone groups is 1. The van der Waals surface area contributed by atoms with E-state index in [1.807, 2.05) is 0 Å². The van der Waals surface area contributed by atoms with Crippen molar-refractivity contribution >= 4 is 23.2 Å². The van der Waals surface area contributed by atoms with E-state index in [2.05, 4.69) is 25.8 Å². The third-order valence-corrected chi connectivity index (χ3v) is 2.93. The molecule has 2 aromatic rings. The normalized spacial score (nSPS) is 10.8. The molecule has 0 radical (unpaired) electrons. The minimum Gasteiger partial charge on any atom is -0.497 e. The Morgan fingerprint density at radius 2 is 1.96 bits per heavy atom. The Balaban J connectivity index is 1.85. The highest BCUT2D eigenvalue weighted by Gasteiger charge is 2.08. The van der Waals surface area contributed by atoms with E-state index in [9.17, 15) is 9.59 Å². The van der Waals surface area contributed by atoms with Crippen molar-refractivity contribution in [3.63, 3.8) is 0 Å². The van der Waals surface area contributed by atoms with Crippen LogP contribution < -0.4 is 15.5 Å². The Kier molecular flexibility index (Phi) is 5.95. The van der Waals surface area contributed by atoms with Gasteiger partial charge in [-0.1, -0.05) is 0 Å². The highest BCUT2D eigenvalue weighted by Crippen LogP contribution is 2.15. The van der Waals surface area contributed by atoms with Crippen LogP contribution in [0.25, 0.3) is 0 Å². The topological polar surface area (TPSA) is 106 Å². The van der Waals surface area contributed by atoms with Crippen molar-refractivity contribution in [3.8, 4) is 5.75 Å². The van der Waals surface area contributed by atoms with Gasteiger partial charge in [-0.25, -0.2) is 10.4 Å². The second-order valence-corrected chi connectivity index (χ2v) is 4.83. The summed E-state index contributed by atoms with van der Waals surface area (Å²) in [5.41, 5.74) is 3.59. The number of ether oxygens (including phenoxy) is 1. The number of carbonyl (C=O) groups is 2. The minimum absolute atomic E-state index is 0.0484. The lowest BCUT2D eigenvalue weighted by molar-refractivity contribution is -0.115. The van der Waals surface area contributed by atoms with E-state index in [0.29, 0.717) is 17.1 Å². The molecule has 8 heteroatoms.